The van der Waals surface area contributed by atoms with Crippen LogP contribution in [-0.2, 0) is 0 Å². The number of thiophene rings is 1. The highest BCUT2D eigenvalue weighted by Crippen LogP contribution is 2.26. The van der Waals surface area contributed by atoms with E-state index >= 15 is 0 Å². The van der Waals surface area contributed by atoms with Crippen molar-refractivity contribution in [2.24, 2.45) is 0 Å². The predicted octanol–water partition coefficient (Wildman–Crippen LogP) is 4.23. The van der Waals surface area contributed by atoms with Gasteiger partial charge in [-0.05, 0) is 52.9 Å². The Kier molecular flexibility index (Phi) is 4.60. The summed E-state index contributed by atoms with van der Waals surface area (Å²) < 4.78 is 2.64. The second-order valence-electron chi connectivity index (χ2n) is 5.50. The molecule has 0 saturated heterocycles. The molecule has 0 spiro atoms. The second kappa shape index (κ2) is 5.86. The summed E-state index contributed by atoms with van der Waals surface area (Å²) in [6.07, 6.45) is 0. The van der Waals surface area contributed by atoms with Crippen LogP contribution in [0.3, 0.4) is 0 Å². The summed E-state index contributed by atoms with van der Waals surface area (Å²) in [4.78, 5) is 2.40. The largest absolute Gasteiger partial charge is 0.337 e. The van der Waals surface area contributed by atoms with Crippen LogP contribution >= 0.6 is 22.9 Å². The average molecular weight is 293 g/mol. The highest BCUT2D eigenvalue weighted by atomic mass is 35.5. The molecule has 0 bridgehead atoms. The zero-order chi connectivity index (χ0) is 14.2. The quantitative estimate of drug-likeness (QED) is 0.762. The lowest BCUT2D eigenvalue weighted by molar-refractivity contribution is 0.315. The first kappa shape index (κ1) is 14.9. The van der Waals surface area contributed by atoms with Crippen molar-refractivity contribution in [3.63, 3.8) is 0 Å². The molecule has 101 valence electrons. The van der Waals surface area contributed by atoms with Gasteiger partial charge in [-0.2, -0.15) is 0 Å². The Morgan fingerprint density at radius 2 is 1.79 bits per heavy atom. The Morgan fingerprint density at radius 3 is 2.37 bits per heavy atom. The first-order chi connectivity index (χ1) is 8.90. The van der Waals surface area contributed by atoms with Crippen LogP contribution < -0.4 is 4.78 Å². The molecule has 0 fully saturated rings. The molecule has 1 aromatic carbocycles. The summed E-state index contributed by atoms with van der Waals surface area (Å²) >= 11 is 7.93. The molecule has 0 N–H and O–H groups in total. The molecule has 0 aliphatic heterocycles. The van der Waals surface area contributed by atoms with Crippen LogP contribution in [0.5, 0.6) is 0 Å². The molecule has 0 saturated carbocycles. The third-order valence-electron chi connectivity index (χ3n) is 3.39. The SMILES string of the molecule is Cc1c([B]N(C(C)C)C(C)C)sc2ccc(Cl)cc12. The Bertz CT molecular complexity index is 569. The van der Waals surface area contributed by atoms with Gasteiger partial charge in [0.15, 0.2) is 0 Å². The normalized spacial score (nSPS) is 12.1. The van der Waals surface area contributed by atoms with Crippen LogP contribution in [0, 0.1) is 6.92 Å². The number of nitrogens with zero attached hydrogens (tertiary/aromatic N) is 1. The smallest absolute Gasteiger partial charge is 0.261 e. The number of benzene rings is 1. The van der Waals surface area contributed by atoms with Gasteiger partial charge in [0.25, 0.3) is 7.41 Å². The van der Waals surface area contributed by atoms with Gasteiger partial charge >= 0.3 is 0 Å². The van der Waals surface area contributed by atoms with E-state index in [1.165, 1.54) is 20.4 Å². The number of fused-ring (bicyclic) bond motifs is 1. The molecule has 1 radical (unpaired) electrons. The van der Waals surface area contributed by atoms with Crippen LogP contribution in [0.2, 0.25) is 5.02 Å². The van der Waals surface area contributed by atoms with Crippen molar-refractivity contribution in [3.05, 3.63) is 28.8 Å². The van der Waals surface area contributed by atoms with E-state index in [4.69, 9.17) is 11.6 Å². The van der Waals surface area contributed by atoms with E-state index in [9.17, 15) is 0 Å². The Hall–Kier alpha value is -0.505. The predicted molar refractivity (Wildman–Crippen MR) is 89.1 cm³/mol. The van der Waals surface area contributed by atoms with Gasteiger partial charge in [-0.3, -0.25) is 0 Å². The van der Waals surface area contributed by atoms with Gasteiger partial charge in [0.2, 0.25) is 0 Å². The third kappa shape index (κ3) is 3.15. The van der Waals surface area contributed by atoms with Gasteiger partial charge in [-0.1, -0.05) is 39.3 Å². The molecule has 1 nitrogen and oxygen atoms in total. The summed E-state index contributed by atoms with van der Waals surface area (Å²) in [5.41, 5.74) is 1.33. The van der Waals surface area contributed by atoms with E-state index in [0.717, 1.165) is 5.02 Å². The maximum Gasteiger partial charge on any atom is 0.261 e. The van der Waals surface area contributed by atoms with E-state index in [2.05, 4.69) is 59.0 Å². The topological polar surface area (TPSA) is 3.24 Å². The Balaban J connectivity index is 2.37. The number of hydrogen-bond donors (Lipinski definition) is 0. The van der Waals surface area contributed by atoms with Gasteiger partial charge in [-0.15, -0.1) is 11.3 Å². The van der Waals surface area contributed by atoms with Crippen LogP contribution in [-0.4, -0.2) is 24.3 Å². The van der Waals surface area contributed by atoms with Crippen LogP contribution in [0.4, 0.5) is 0 Å². The summed E-state index contributed by atoms with van der Waals surface area (Å²) in [5, 5.41) is 2.08. The molecule has 4 heteroatoms. The molecule has 0 aliphatic carbocycles. The molecule has 19 heavy (non-hydrogen) atoms. The molecular formula is C15H20BClNS. The van der Waals surface area contributed by atoms with Gasteiger partial charge in [0.1, 0.15) is 0 Å². The number of hydrogen-bond acceptors (Lipinski definition) is 2. The van der Waals surface area contributed by atoms with Crippen LogP contribution in [0.1, 0.15) is 33.3 Å². The average Bonchev–Trinajstić information content (AvgIpc) is 2.62. The zero-order valence-electron chi connectivity index (χ0n) is 12.2. The molecule has 2 aromatic rings. The van der Waals surface area contributed by atoms with E-state index in [-0.39, 0.29) is 0 Å². The van der Waals surface area contributed by atoms with Crippen molar-refractivity contribution in [1.29, 1.82) is 0 Å². The molecule has 0 atom stereocenters. The minimum absolute atomic E-state index is 0.508. The molecule has 1 heterocycles. The number of aryl methyl sites for hydroxylation is 1. The maximum absolute atomic E-state index is 6.09. The van der Waals surface area contributed by atoms with Crippen LogP contribution in [0.15, 0.2) is 18.2 Å². The number of rotatable bonds is 4. The summed E-state index contributed by atoms with van der Waals surface area (Å²) in [5.74, 6) is 0. The number of halogens is 1. The highest BCUT2D eigenvalue weighted by Gasteiger charge is 2.19. The van der Waals surface area contributed by atoms with E-state index in [1.54, 1.807) is 0 Å². The summed E-state index contributed by atoms with van der Waals surface area (Å²) in [7, 11) is 2.29. The fourth-order valence-electron chi connectivity index (χ4n) is 2.36. The van der Waals surface area contributed by atoms with Crippen molar-refractivity contribution in [2.45, 2.75) is 46.7 Å². The van der Waals surface area contributed by atoms with Gasteiger partial charge < -0.3 is 4.81 Å². The van der Waals surface area contributed by atoms with Gasteiger partial charge in [0.05, 0.1) is 0 Å². The molecule has 0 aliphatic rings. The fourth-order valence-corrected chi connectivity index (χ4v) is 3.67. The molecule has 2 rings (SSSR count). The lowest BCUT2D eigenvalue weighted by Gasteiger charge is -2.29. The second-order valence-corrected chi connectivity index (χ2v) is 7.02. The van der Waals surface area contributed by atoms with Crippen LogP contribution in [0.25, 0.3) is 10.1 Å². The van der Waals surface area contributed by atoms with Crippen molar-refractivity contribution < 1.29 is 0 Å². The van der Waals surface area contributed by atoms with E-state index < -0.39 is 0 Å². The van der Waals surface area contributed by atoms with Crippen molar-refractivity contribution >= 4 is 45.2 Å². The standard InChI is InChI=1S/C15H20BClNS/c1-9(2)18(10(3)4)16-15-11(5)13-8-12(17)6-7-14(13)19-15/h6-10H,1-5H3. The van der Waals surface area contributed by atoms with E-state index in [0.29, 0.717) is 12.1 Å². The van der Waals surface area contributed by atoms with Crippen molar-refractivity contribution in [3.8, 4) is 0 Å². The molecular weight excluding hydrogens is 273 g/mol. The highest BCUT2D eigenvalue weighted by molar-refractivity contribution is 7.27. The van der Waals surface area contributed by atoms with E-state index in [1.807, 2.05) is 17.4 Å². The third-order valence-corrected chi connectivity index (χ3v) is 4.84. The van der Waals surface area contributed by atoms with Crippen molar-refractivity contribution in [2.75, 3.05) is 0 Å². The first-order valence-electron chi connectivity index (χ1n) is 6.71. The molecule has 0 amide bonds. The van der Waals surface area contributed by atoms with Crippen molar-refractivity contribution in [1.82, 2.24) is 4.81 Å². The summed E-state index contributed by atoms with van der Waals surface area (Å²) in [6, 6.07) is 7.16. The van der Waals surface area contributed by atoms with Gasteiger partial charge in [-0.25, -0.2) is 0 Å². The first-order valence-corrected chi connectivity index (χ1v) is 7.90. The monoisotopic (exact) mass is 292 g/mol. The Labute approximate surface area is 125 Å². The molecule has 0 unspecified atom stereocenters. The maximum atomic E-state index is 6.09. The lowest BCUT2D eigenvalue weighted by atomic mass is 9.82. The molecule has 1 aromatic heterocycles. The Morgan fingerprint density at radius 1 is 1.16 bits per heavy atom. The fraction of sp³-hybridized carbons (Fsp3) is 0.467. The lowest BCUT2D eigenvalue weighted by Crippen LogP contribution is -2.44. The van der Waals surface area contributed by atoms with Gasteiger partial charge in [0, 0.05) is 9.72 Å². The summed E-state index contributed by atoms with van der Waals surface area (Å²) in [6.45, 7) is 11.1. The zero-order valence-corrected chi connectivity index (χ0v) is 13.8. The minimum atomic E-state index is 0.508. The minimum Gasteiger partial charge on any atom is -0.337 e.